The van der Waals surface area contributed by atoms with Crippen molar-refractivity contribution >= 4 is 27.5 Å². The highest BCUT2D eigenvalue weighted by atomic mass is 79.9. The van der Waals surface area contributed by atoms with Gasteiger partial charge < -0.3 is 0 Å². The number of aryl methyl sites for hydroxylation is 1. The number of hydrogen-bond acceptors (Lipinski definition) is 0. The SMILES string of the molecule is Cc1cc(Cl)c(C)c2c1C(C)(C)CC2Br. The molecule has 0 nitrogen and oxygen atoms in total. The zero-order valence-corrected chi connectivity index (χ0v) is 12.0. The van der Waals surface area contributed by atoms with E-state index in [1.54, 1.807) is 0 Å². The van der Waals surface area contributed by atoms with Crippen molar-refractivity contribution in [3.8, 4) is 0 Å². The fourth-order valence-corrected chi connectivity index (χ4v) is 4.49. The first-order chi connectivity index (χ1) is 6.84. The molecule has 1 aliphatic carbocycles. The molecule has 1 unspecified atom stereocenters. The van der Waals surface area contributed by atoms with Gasteiger partial charge in [0.05, 0.1) is 0 Å². The minimum atomic E-state index is 0.267. The van der Waals surface area contributed by atoms with E-state index in [4.69, 9.17) is 11.6 Å². The minimum absolute atomic E-state index is 0.267. The Balaban J connectivity index is 2.78. The Morgan fingerprint density at radius 3 is 2.60 bits per heavy atom. The molecule has 2 rings (SSSR count). The van der Waals surface area contributed by atoms with Gasteiger partial charge in [0.25, 0.3) is 0 Å². The Labute approximate surface area is 105 Å². The number of benzene rings is 1. The normalized spacial score (nSPS) is 22.9. The van der Waals surface area contributed by atoms with Crippen LogP contribution in [0.5, 0.6) is 0 Å². The van der Waals surface area contributed by atoms with Gasteiger partial charge in [-0.1, -0.05) is 41.4 Å². The molecule has 0 bridgehead atoms. The summed E-state index contributed by atoms with van der Waals surface area (Å²) in [5.41, 5.74) is 5.75. The molecule has 1 aromatic carbocycles. The topological polar surface area (TPSA) is 0 Å². The largest absolute Gasteiger partial charge is 0.0840 e. The summed E-state index contributed by atoms with van der Waals surface area (Å²) in [5, 5.41) is 0.897. The highest BCUT2D eigenvalue weighted by Crippen LogP contribution is 2.52. The number of rotatable bonds is 0. The predicted octanol–water partition coefficient (Wildman–Crippen LogP) is 5.07. The van der Waals surface area contributed by atoms with Crippen LogP contribution in [0.1, 0.15) is 47.3 Å². The smallest absolute Gasteiger partial charge is 0.0441 e. The van der Waals surface area contributed by atoms with E-state index < -0.39 is 0 Å². The second kappa shape index (κ2) is 3.49. The van der Waals surface area contributed by atoms with Crippen molar-refractivity contribution in [2.24, 2.45) is 0 Å². The molecular formula is C13H16BrCl. The standard InChI is InChI=1S/C13H16BrCl/c1-7-5-10(15)8(2)11-9(14)6-13(3,4)12(7)11/h5,9H,6H2,1-4H3. The van der Waals surface area contributed by atoms with Crippen LogP contribution in [0.15, 0.2) is 6.07 Å². The Morgan fingerprint density at radius 2 is 2.00 bits per heavy atom. The molecule has 0 fully saturated rings. The lowest BCUT2D eigenvalue weighted by atomic mass is 9.83. The van der Waals surface area contributed by atoms with Gasteiger partial charge in [0.1, 0.15) is 0 Å². The van der Waals surface area contributed by atoms with Gasteiger partial charge in [0.15, 0.2) is 0 Å². The number of hydrogen-bond donors (Lipinski definition) is 0. The van der Waals surface area contributed by atoms with Crippen LogP contribution in [0.2, 0.25) is 5.02 Å². The van der Waals surface area contributed by atoms with Crippen LogP contribution in [0.4, 0.5) is 0 Å². The van der Waals surface area contributed by atoms with Crippen LogP contribution in [0.25, 0.3) is 0 Å². The first-order valence-electron chi connectivity index (χ1n) is 5.29. The van der Waals surface area contributed by atoms with Crippen molar-refractivity contribution in [1.29, 1.82) is 0 Å². The van der Waals surface area contributed by atoms with Crippen molar-refractivity contribution in [2.75, 3.05) is 0 Å². The average Bonchev–Trinajstić information content (AvgIpc) is 2.32. The van der Waals surface area contributed by atoms with Crippen molar-refractivity contribution in [2.45, 2.75) is 44.4 Å². The lowest BCUT2D eigenvalue weighted by Crippen LogP contribution is -2.13. The highest BCUT2D eigenvalue weighted by molar-refractivity contribution is 9.09. The molecule has 0 spiro atoms. The molecule has 1 aliphatic rings. The zero-order valence-electron chi connectivity index (χ0n) is 9.62. The van der Waals surface area contributed by atoms with Crippen LogP contribution in [-0.4, -0.2) is 0 Å². The first kappa shape index (κ1) is 11.5. The van der Waals surface area contributed by atoms with Crippen molar-refractivity contribution in [1.82, 2.24) is 0 Å². The maximum absolute atomic E-state index is 6.24. The van der Waals surface area contributed by atoms with E-state index in [2.05, 4.69) is 49.7 Å². The van der Waals surface area contributed by atoms with Crippen LogP contribution in [0.3, 0.4) is 0 Å². The lowest BCUT2D eigenvalue weighted by Gasteiger charge is -2.22. The number of fused-ring (bicyclic) bond motifs is 1. The second-order valence-corrected chi connectivity index (χ2v) is 6.66. The quantitative estimate of drug-likeness (QED) is 0.584. The maximum atomic E-state index is 6.24. The predicted molar refractivity (Wildman–Crippen MR) is 70.2 cm³/mol. The molecule has 0 aliphatic heterocycles. The molecule has 0 aromatic heterocycles. The first-order valence-corrected chi connectivity index (χ1v) is 6.58. The van der Waals surface area contributed by atoms with Gasteiger partial charge in [0.2, 0.25) is 0 Å². The molecular weight excluding hydrogens is 272 g/mol. The van der Waals surface area contributed by atoms with Gasteiger partial charge in [0, 0.05) is 9.85 Å². The number of halogens is 2. The molecule has 0 heterocycles. The minimum Gasteiger partial charge on any atom is -0.0840 e. The van der Waals surface area contributed by atoms with Crippen molar-refractivity contribution in [3.63, 3.8) is 0 Å². The maximum Gasteiger partial charge on any atom is 0.0441 e. The molecule has 0 saturated carbocycles. The second-order valence-electron chi connectivity index (χ2n) is 5.14. The van der Waals surface area contributed by atoms with Gasteiger partial charge in [-0.2, -0.15) is 0 Å². The summed E-state index contributed by atoms with van der Waals surface area (Å²) in [6, 6.07) is 2.10. The van der Waals surface area contributed by atoms with Crippen molar-refractivity contribution < 1.29 is 0 Å². The summed E-state index contributed by atoms with van der Waals surface area (Å²) >= 11 is 10.0. The van der Waals surface area contributed by atoms with E-state index in [-0.39, 0.29) is 5.41 Å². The summed E-state index contributed by atoms with van der Waals surface area (Å²) < 4.78 is 0. The molecule has 82 valence electrons. The van der Waals surface area contributed by atoms with Crippen LogP contribution in [0, 0.1) is 13.8 Å². The third-order valence-electron chi connectivity index (χ3n) is 3.45. The molecule has 0 radical (unpaired) electrons. The Hall–Kier alpha value is -0.0100. The van der Waals surface area contributed by atoms with E-state index in [0.717, 1.165) is 11.4 Å². The summed E-state index contributed by atoms with van der Waals surface area (Å²) in [5.74, 6) is 0. The molecule has 0 N–H and O–H groups in total. The van der Waals surface area contributed by atoms with Gasteiger partial charge in [-0.25, -0.2) is 0 Å². The third kappa shape index (κ3) is 1.64. The molecule has 1 aromatic rings. The summed E-state index contributed by atoms with van der Waals surface area (Å²) in [6.07, 6.45) is 1.16. The van der Waals surface area contributed by atoms with Gasteiger partial charge in [-0.15, -0.1) is 0 Å². The zero-order chi connectivity index (χ0) is 11.4. The fraction of sp³-hybridized carbons (Fsp3) is 0.538. The Morgan fingerprint density at radius 1 is 1.40 bits per heavy atom. The van der Waals surface area contributed by atoms with Crippen molar-refractivity contribution in [3.05, 3.63) is 33.3 Å². The average molecular weight is 288 g/mol. The van der Waals surface area contributed by atoms with E-state index in [9.17, 15) is 0 Å². The van der Waals surface area contributed by atoms with E-state index >= 15 is 0 Å². The van der Waals surface area contributed by atoms with E-state index in [1.807, 2.05) is 0 Å². The monoisotopic (exact) mass is 286 g/mol. The van der Waals surface area contributed by atoms with Gasteiger partial charge >= 0.3 is 0 Å². The molecule has 2 heteroatoms. The third-order valence-corrected chi connectivity index (χ3v) is 4.62. The molecule has 15 heavy (non-hydrogen) atoms. The summed E-state index contributed by atoms with van der Waals surface area (Å²) in [4.78, 5) is 0.458. The Kier molecular flexibility index (Phi) is 2.67. The van der Waals surface area contributed by atoms with Gasteiger partial charge in [-0.3, -0.25) is 0 Å². The summed E-state index contributed by atoms with van der Waals surface area (Å²) in [7, 11) is 0. The number of alkyl halides is 1. The van der Waals surface area contributed by atoms with E-state index in [1.165, 1.54) is 22.3 Å². The molecule has 1 atom stereocenters. The van der Waals surface area contributed by atoms with Gasteiger partial charge in [-0.05, 0) is 54.0 Å². The molecule has 0 amide bonds. The van der Waals surface area contributed by atoms with Crippen LogP contribution >= 0.6 is 27.5 Å². The Bertz CT molecular complexity index is 421. The highest BCUT2D eigenvalue weighted by Gasteiger charge is 2.38. The molecule has 0 saturated heterocycles. The summed E-state index contributed by atoms with van der Waals surface area (Å²) in [6.45, 7) is 8.91. The lowest BCUT2D eigenvalue weighted by molar-refractivity contribution is 0.518. The fourth-order valence-electron chi connectivity index (χ4n) is 2.84. The van der Waals surface area contributed by atoms with Crippen LogP contribution in [-0.2, 0) is 5.41 Å². The van der Waals surface area contributed by atoms with Crippen LogP contribution < -0.4 is 0 Å². The van der Waals surface area contributed by atoms with E-state index in [0.29, 0.717) is 4.83 Å².